The van der Waals surface area contributed by atoms with E-state index in [0.717, 1.165) is 63.7 Å². The zero-order valence-corrected chi connectivity index (χ0v) is 20.6. The summed E-state index contributed by atoms with van der Waals surface area (Å²) in [6, 6.07) is 3.98. The number of hydrogen-bond donors (Lipinski definition) is 0. The molecule has 0 aromatic carbocycles. The van der Waals surface area contributed by atoms with E-state index in [1.54, 1.807) is 0 Å². The van der Waals surface area contributed by atoms with Gasteiger partial charge in [-0.25, -0.2) is 0 Å². The molecule has 152 valence electrons. The fourth-order valence-corrected chi connectivity index (χ4v) is 15.5. The molecule has 0 spiro atoms. The van der Waals surface area contributed by atoms with Crippen LogP contribution in [-0.2, 0) is 13.3 Å². The summed E-state index contributed by atoms with van der Waals surface area (Å²) < 4.78 is 19.2. The largest absolute Gasteiger partial charge is 0.510 e. The zero-order valence-electron chi connectivity index (χ0n) is 17.8. The van der Waals surface area contributed by atoms with E-state index in [0.29, 0.717) is 0 Å². The molecule has 3 nitrogen and oxygen atoms in total. The van der Waals surface area contributed by atoms with E-state index in [9.17, 15) is 0 Å². The molecule has 0 saturated carbocycles. The molecule has 0 saturated heterocycles. The number of unbranched alkanes of at least 4 members (excludes halogenated alkanes) is 3. The van der Waals surface area contributed by atoms with Gasteiger partial charge >= 0.3 is 8.80 Å². The molecule has 0 N–H and O–H groups in total. The van der Waals surface area contributed by atoms with Gasteiger partial charge in [0, 0.05) is 19.8 Å². The Morgan fingerprint density at radius 1 is 0.600 bits per heavy atom. The van der Waals surface area contributed by atoms with E-state index < -0.39 is 16.0 Å². The minimum Gasteiger partial charge on any atom is -0.373 e. The molecule has 0 radical (unpaired) electrons. The van der Waals surface area contributed by atoms with Gasteiger partial charge in [0.25, 0.3) is 0 Å². The molecule has 0 aliphatic carbocycles. The molecule has 0 fully saturated rings. The summed E-state index contributed by atoms with van der Waals surface area (Å²) in [6.07, 6.45) is 6.72. The monoisotopic (exact) mass is 408 g/mol. The molecular weight excluding hydrogens is 364 g/mol. The van der Waals surface area contributed by atoms with Crippen LogP contribution in [0.3, 0.4) is 0 Å². The maximum absolute atomic E-state index is 6.39. The van der Waals surface area contributed by atoms with Gasteiger partial charge in [-0.2, -0.15) is 11.2 Å². The Labute approximate surface area is 164 Å². The van der Waals surface area contributed by atoms with E-state index in [4.69, 9.17) is 13.3 Å². The third kappa shape index (κ3) is 10.5. The molecule has 0 unspecified atom stereocenters. The minimum absolute atomic E-state index is 0.778. The lowest BCUT2D eigenvalue weighted by molar-refractivity contribution is 0.0619. The van der Waals surface area contributed by atoms with Crippen molar-refractivity contribution in [2.24, 2.45) is 0 Å². The van der Waals surface area contributed by atoms with Crippen LogP contribution < -0.4 is 0 Å². The molecule has 25 heavy (non-hydrogen) atoms. The fourth-order valence-electron chi connectivity index (χ4n) is 2.66. The molecule has 0 amide bonds. The Balaban J connectivity index is 5.08. The molecule has 0 atom stereocenters. The highest BCUT2D eigenvalue weighted by Crippen LogP contribution is 2.35. The highest BCUT2D eigenvalue weighted by molar-refractivity contribution is 8.29. The van der Waals surface area contributed by atoms with Crippen molar-refractivity contribution in [3.8, 4) is 0 Å². The second kappa shape index (κ2) is 15.7. The molecule has 6 heteroatoms. The normalized spacial score (nSPS) is 12.7. The molecular formula is C19H44O3SSi2. The van der Waals surface area contributed by atoms with Gasteiger partial charge in [0.1, 0.15) is 7.22 Å². The summed E-state index contributed by atoms with van der Waals surface area (Å²) in [4.78, 5) is 0. The fraction of sp³-hybridized carbons (Fsp3) is 1.00. The lowest BCUT2D eigenvalue weighted by Gasteiger charge is -2.34. The minimum atomic E-state index is -2.57. The Hall–Kier alpha value is 0.664. The Bertz CT molecular complexity index is 268. The van der Waals surface area contributed by atoms with Crippen molar-refractivity contribution >= 4 is 27.2 Å². The predicted molar refractivity (Wildman–Crippen MR) is 118 cm³/mol. The third-order valence-electron chi connectivity index (χ3n) is 4.95. The Morgan fingerprint density at radius 3 is 1.24 bits per heavy atom. The van der Waals surface area contributed by atoms with Crippen LogP contribution in [0.15, 0.2) is 0 Å². The van der Waals surface area contributed by atoms with Gasteiger partial charge in [0.2, 0.25) is 0 Å². The second-order valence-electron chi connectivity index (χ2n) is 6.82. The lowest BCUT2D eigenvalue weighted by Crippen LogP contribution is -2.51. The summed E-state index contributed by atoms with van der Waals surface area (Å²) in [7, 11) is -3.83. The maximum Gasteiger partial charge on any atom is 0.510 e. The third-order valence-corrected chi connectivity index (χ3v) is 19.1. The lowest BCUT2D eigenvalue weighted by atomic mass is 10.4. The Kier molecular flexibility index (Phi) is 16.1. The number of rotatable bonds is 18. The molecule has 0 heterocycles. The zero-order chi connectivity index (χ0) is 19.0. The summed E-state index contributed by atoms with van der Waals surface area (Å²) in [5, 5.41) is 0.950. The van der Waals surface area contributed by atoms with Crippen molar-refractivity contribution in [2.45, 2.75) is 98.2 Å². The SMILES string of the molecule is CCCCO[Si](CS[Si](CC)(CC)CC)(OCCCC)OCCCC. The van der Waals surface area contributed by atoms with Crippen LogP contribution in [0.5, 0.6) is 0 Å². The molecule has 0 rings (SSSR count). The molecule has 0 aromatic heterocycles. The van der Waals surface area contributed by atoms with E-state index >= 15 is 0 Å². The van der Waals surface area contributed by atoms with Gasteiger partial charge in [0.15, 0.2) is 0 Å². The highest BCUT2D eigenvalue weighted by atomic mass is 32.4. The van der Waals surface area contributed by atoms with E-state index in [2.05, 4.69) is 52.8 Å². The van der Waals surface area contributed by atoms with Crippen molar-refractivity contribution < 1.29 is 13.3 Å². The average Bonchev–Trinajstić information content (AvgIpc) is 2.64. The number of hydrogen-bond acceptors (Lipinski definition) is 4. The second-order valence-corrected chi connectivity index (χ2v) is 18.4. The van der Waals surface area contributed by atoms with Crippen molar-refractivity contribution in [1.29, 1.82) is 0 Å². The first-order valence-electron chi connectivity index (χ1n) is 10.6. The van der Waals surface area contributed by atoms with Crippen molar-refractivity contribution in [3.63, 3.8) is 0 Å². The summed E-state index contributed by atoms with van der Waals surface area (Å²) in [5.41, 5.74) is 0. The summed E-state index contributed by atoms with van der Waals surface area (Å²) in [6.45, 7) is 16.1. The molecule has 0 aliphatic rings. The van der Waals surface area contributed by atoms with E-state index in [1.807, 2.05) is 0 Å². The van der Waals surface area contributed by atoms with Gasteiger partial charge in [-0.05, 0) is 19.3 Å². The van der Waals surface area contributed by atoms with Crippen LogP contribution in [0.1, 0.15) is 80.1 Å². The van der Waals surface area contributed by atoms with Crippen molar-refractivity contribution in [3.05, 3.63) is 0 Å². The molecule has 0 aromatic rings. The standard InChI is InChI=1S/C19H44O3SSi2/c1-7-13-16-20-25(21-17-14-8-2,22-18-15-9-3)19-23-24(10-4,11-5)12-6/h7-19H2,1-6H3. The molecule has 0 aliphatic heterocycles. The molecule has 0 bridgehead atoms. The quantitative estimate of drug-likeness (QED) is 0.187. The van der Waals surface area contributed by atoms with Crippen LogP contribution in [0.2, 0.25) is 18.1 Å². The highest BCUT2D eigenvalue weighted by Gasteiger charge is 2.44. The van der Waals surface area contributed by atoms with Gasteiger partial charge in [0.05, 0.1) is 5.38 Å². The van der Waals surface area contributed by atoms with E-state index in [1.165, 1.54) is 18.1 Å². The first-order chi connectivity index (χ1) is 12.1. The van der Waals surface area contributed by atoms with Crippen LogP contribution in [0.4, 0.5) is 0 Å². The van der Waals surface area contributed by atoms with E-state index in [-0.39, 0.29) is 0 Å². The topological polar surface area (TPSA) is 27.7 Å². The van der Waals surface area contributed by atoms with Crippen molar-refractivity contribution in [2.75, 3.05) is 25.2 Å². The van der Waals surface area contributed by atoms with Gasteiger partial charge in [-0.1, -0.05) is 78.9 Å². The first-order valence-corrected chi connectivity index (χ1v) is 16.9. The first kappa shape index (κ1) is 25.7. The van der Waals surface area contributed by atoms with Crippen LogP contribution >= 0.6 is 11.2 Å². The summed E-state index contributed by atoms with van der Waals surface area (Å²) >= 11 is 2.18. The van der Waals surface area contributed by atoms with Crippen LogP contribution in [0.25, 0.3) is 0 Å². The Morgan fingerprint density at radius 2 is 0.960 bits per heavy atom. The van der Waals surface area contributed by atoms with Crippen LogP contribution in [-0.4, -0.2) is 41.2 Å². The van der Waals surface area contributed by atoms with Gasteiger partial charge in [-0.3, -0.25) is 0 Å². The summed E-state index contributed by atoms with van der Waals surface area (Å²) in [5.74, 6) is 0. The predicted octanol–water partition coefficient (Wildman–Crippen LogP) is 6.65. The average molecular weight is 409 g/mol. The van der Waals surface area contributed by atoms with Gasteiger partial charge in [-0.15, -0.1) is 0 Å². The van der Waals surface area contributed by atoms with Crippen molar-refractivity contribution in [1.82, 2.24) is 0 Å². The maximum atomic E-state index is 6.39. The van der Waals surface area contributed by atoms with Crippen LogP contribution in [0, 0.1) is 0 Å². The smallest absolute Gasteiger partial charge is 0.373 e. The van der Waals surface area contributed by atoms with Gasteiger partial charge < -0.3 is 13.3 Å².